The van der Waals surface area contributed by atoms with E-state index in [2.05, 4.69) is 10.1 Å². The number of hydrogen-bond acceptors (Lipinski definition) is 4. The number of amides is 1. The highest BCUT2D eigenvalue weighted by molar-refractivity contribution is 6.31. The number of likely N-dealkylation sites (N-methyl/N-ethyl adjacent to an activating group) is 1. The molecular weight excluding hydrogens is 433 g/mol. The Kier molecular flexibility index (Phi) is 6.45. The molecule has 0 N–H and O–H groups in total. The molecule has 1 amide bonds. The fraction of sp³-hybridized carbons (Fsp3) is 0.381. The Morgan fingerprint density at radius 3 is 2.52 bits per heavy atom. The van der Waals surface area contributed by atoms with Crippen LogP contribution in [0, 0.1) is 13.8 Å². The third-order valence-electron chi connectivity index (χ3n) is 5.02. The predicted molar refractivity (Wildman–Crippen MR) is 112 cm³/mol. The van der Waals surface area contributed by atoms with Crippen LogP contribution < -0.4 is 4.74 Å². The molecule has 0 atom stereocenters. The third kappa shape index (κ3) is 4.46. The second-order valence-corrected chi connectivity index (χ2v) is 7.35. The number of fused-ring (bicyclic) bond motifs is 1. The van der Waals surface area contributed by atoms with Crippen LogP contribution in [-0.4, -0.2) is 45.3 Å². The molecule has 166 valence electrons. The van der Waals surface area contributed by atoms with Crippen LogP contribution >= 0.6 is 11.6 Å². The van der Waals surface area contributed by atoms with Crippen LogP contribution in [0.5, 0.6) is 5.88 Å². The number of carbonyl (C=O) groups is 1. The maximum absolute atomic E-state index is 13.9. The van der Waals surface area contributed by atoms with Crippen LogP contribution in [0.3, 0.4) is 0 Å². The number of nitrogens with zero attached hydrogens (tertiary/aromatic N) is 4. The molecule has 3 rings (SSSR count). The molecule has 2 heterocycles. The van der Waals surface area contributed by atoms with Gasteiger partial charge in [0.15, 0.2) is 12.3 Å². The van der Waals surface area contributed by atoms with E-state index in [4.69, 9.17) is 16.3 Å². The molecule has 1 aromatic carbocycles. The Labute approximate surface area is 182 Å². The van der Waals surface area contributed by atoms with Crippen molar-refractivity contribution < 1.29 is 22.7 Å². The lowest BCUT2D eigenvalue weighted by molar-refractivity contribution is -0.136. The Morgan fingerprint density at radius 2 is 1.90 bits per heavy atom. The van der Waals surface area contributed by atoms with Crippen molar-refractivity contribution in [3.8, 4) is 11.6 Å². The van der Waals surface area contributed by atoms with Gasteiger partial charge in [0, 0.05) is 24.2 Å². The number of carbonyl (C=O) groups excluding carboxylic acids is 1. The summed E-state index contributed by atoms with van der Waals surface area (Å²) < 4.78 is 48.3. The van der Waals surface area contributed by atoms with E-state index in [0.29, 0.717) is 29.4 Å². The molecule has 2 aromatic heterocycles. The number of aromatic nitrogens is 3. The van der Waals surface area contributed by atoms with Gasteiger partial charge in [0.25, 0.3) is 5.91 Å². The average molecular weight is 455 g/mol. The highest BCUT2D eigenvalue weighted by atomic mass is 35.5. The molecular formula is C21H22ClF3N4O2. The highest BCUT2D eigenvalue weighted by Crippen LogP contribution is 2.38. The van der Waals surface area contributed by atoms with Gasteiger partial charge < -0.3 is 9.64 Å². The van der Waals surface area contributed by atoms with Crippen LogP contribution in [0.15, 0.2) is 24.3 Å². The molecule has 0 aliphatic heterocycles. The summed E-state index contributed by atoms with van der Waals surface area (Å²) in [5.74, 6) is -0.642. The molecule has 6 nitrogen and oxygen atoms in total. The lowest BCUT2D eigenvalue weighted by Gasteiger charge is -2.19. The zero-order valence-electron chi connectivity index (χ0n) is 17.5. The molecule has 0 fully saturated rings. The van der Waals surface area contributed by atoms with Gasteiger partial charge >= 0.3 is 6.18 Å². The fourth-order valence-electron chi connectivity index (χ4n) is 3.36. The minimum Gasteiger partial charge on any atom is -0.467 e. The Balaban J connectivity index is 2.15. The van der Waals surface area contributed by atoms with Crippen molar-refractivity contribution in [3.05, 3.63) is 46.1 Å². The zero-order chi connectivity index (χ0) is 22.9. The van der Waals surface area contributed by atoms with Crippen LogP contribution in [0.2, 0.25) is 5.02 Å². The Bertz CT molecular complexity index is 1120. The molecule has 0 spiro atoms. The summed E-state index contributed by atoms with van der Waals surface area (Å²) in [4.78, 5) is 18.0. The molecule has 31 heavy (non-hydrogen) atoms. The molecule has 0 aliphatic rings. The van der Waals surface area contributed by atoms with E-state index in [1.54, 1.807) is 25.1 Å². The minimum absolute atomic E-state index is 0.0250. The number of hydrogen-bond donors (Lipinski definition) is 0. The molecule has 3 aromatic rings. The summed E-state index contributed by atoms with van der Waals surface area (Å²) in [5.41, 5.74) is 0.365. The number of halogens is 4. The van der Waals surface area contributed by atoms with Gasteiger partial charge in [0.1, 0.15) is 0 Å². The van der Waals surface area contributed by atoms with Crippen LogP contribution in [-0.2, 0) is 11.0 Å². The number of alkyl halides is 3. The van der Waals surface area contributed by atoms with Crippen molar-refractivity contribution >= 4 is 28.5 Å². The van der Waals surface area contributed by atoms with E-state index >= 15 is 0 Å². The summed E-state index contributed by atoms with van der Waals surface area (Å²) in [6.45, 7) is 7.37. The Hall–Kier alpha value is -2.81. The Morgan fingerprint density at radius 1 is 1.23 bits per heavy atom. The molecule has 0 aliphatic carbocycles. The standard InChI is InChI=1S/C21H22ClF3N4O2/c1-5-28(6-2)18(30)11-31-17-10-14(21(23,24)25)19-13(4)27-29(20(19)26-17)16-9-7-8-15(22)12(16)3/h7-10H,5-6,11H2,1-4H3. The largest absolute Gasteiger partial charge is 0.467 e. The van der Waals surface area contributed by atoms with Crippen molar-refractivity contribution in [2.24, 2.45) is 0 Å². The van der Waals surface area contributed by atoms with E-state index in [1.165, 1.54) is 16.5 Å². The number of ether oxygens (including phenoxy) is 1. The predicted octanol–water partition coefficient (Wildman–Crippen LogP) is 4.96. The lowest BCUT2D eigenvalue weighted by Crippen LogP contribution is -2.34. The summed E-state index contributed by atoms with van der Waals surface area (Å²) in [6.07, 6.45) is -4.66. The molecule has 0 radical (unpaired) electrons. The van der Waals surface area contributed by atoms with E-state index in [1.807, 2.05) is 13.8 Å². The van der Waals surface area contributed by atoms with Crippen LogP contribution in [0.25, 0.3) is 16.7 Å². The third-order valence-corrected chi connectivity index (χ3v) is 5.43. The quantitative estimate of drug-likeness (QED) is 0.528. The van der Waals surface area contributed by atoms with Gasteiger partial charge in [-0.1, -0.05) is 17.7 Å². The summed E-state index contributed by atoms with van der Waals surface area (Å²) in [5, 5.41) is 4.61. The van der Waals surface area contributed by atoms with E-state index in [9.17, 15) is 18.0 Å². The number of pyridine rings is 1. The second kappa shape index (κ2) is 8.74. The SMILES string of the molecule is CCN(CC)C(=O)COc1cc(C(F)(F)F)c2c(C)nn(-c3cccc(Cl)c3C)c2n1. The maximum Gasteiger partial charge on any atom is 0.417 e. The van der Waals surface area contributed by atoms with Crippen LogP contribution in [0.4, 0.5) is 13.2 Å². The first-order valence-electron chi connectivity index (χ1n) is 9.72. The van der Waals surface area contributed by atoms with Crippen molar-refractivity contribution in [1.82, 2.24) is 19.7 Å². The first-order valence-corrected chi connectivity index (χ1v) is 10.1. The molecule has 10 heteroatoms. The fourth-order valence-corrected chi connectivity index (χ4v) is 3.53. The van der Waals surface area contributed by atoms with Crippen molar-refractivity contribution in [1.29, 1.82) is 0 Å². The van der Waals surface area contributed by atoms with Gasteiger partial charge in [-0.05, 0) is 45.4 Å². The van der Waals surface area contributed by atoms with Gasteiger partial charge in [0.05, 0.1) is 22.3 Å². The first-order chi connectivity index (χ1) is 14.6. The second-order valence-electron chi connectivity index (χ2n) is 6.94. The molecule has 0 bridgehead atoms. The van der Waals surface area contributed by atoms with E-state index < -0.39 is 18.3 Å². The maximum atomic E-state index is 13.9. The summed E-state index contributed by atoms with van der Waals surface area (Å²) in [7, 11) is 0. The minimum atomic E-state index is -4.66. The van der Waals surface area contributed by atoms with Crippen LogP contribution in [0.1, 0.15) is 30.7 Å². The highest BCUT2D eigenvalue weighted by Gasteiger charge is 2.36. The van der Waals surface area contributed by atoms with Gasteiger partial charge in [-0.15, -0.1) is 0 Å². The van der Waals surface area contributed by atoms with Gasteiger partial charge in [-0.3, -0.25) is 4.79 Å². The number of rotatable bonds is 6. The average Bonchev–Trinajstić information content (AvgIpc) is 3.04. The topological polar surface area (TPSA) is 60.3 Å². The number of benzene rings is 1. The van der Waals surface area contributed by atoms with Gasteiger partial charge in [-0.25, -0.2) is 4.68 Å². The molecule has 0 saturated heterocycles. The number of aryl methyl sites for hydroxylation is 1. The summed E-state index contributed by atoms with van der Waals surface area (Å²) in [6, 6.07) is 5.86. The van der Waals surface area contributed by atoms with Gasteiger partial charge in [-0.2, -0.15) is 23.3 Å². The zero-order valence-corrected chi connectivity index (χ0v) is 18.3. The van der Waals surface area contributed by atoms with Crippen molar-refractivity contribution in [2.75, 3.05) is 19.7 Å². The molecule has 0 unspecified atom stereocenters. The normalized spacial score (nSPS) is 11.7. The monoisotopic (exact) mass is 454 g/mol. The summed E-state index contributed by atoms with van der Waals surface area (Å²) >= 11 is 6.19. The first kappa shape index (κ1) is 22.9. The van der Waals surface area contributed by atoms with E-state index in [-0.39, 0.29) is 28.5 Å². The lowest BCUT2D eigenvalue weighted by atomic mass is 10.1. The van der Waals surface area contributed by atoms with E-state index in [0.717, 1.165) is 6.07 Å². The molecule has 0 saturated carbocycles. The van der Waals surface area contributed by atoms with Crippen molar-refractivity contribution in [2.45, 2.75) is 33.9 Å². The van der Waals surface area contributed by atoms with Gasteiger partial charge in [0.2, 0.25) is 5.88 Å². The van der Waals surface area contributed by atoms with Crippen molar-refractivity contribution in [3.63, 3.8) is 0 Å². The smallest absolute Gasteiger partial charge is 0.417 e.